The van der Waals surface area contributed by atoms with Crippen LogP contribution in [0.15, 0.2) is 58.1 Å². The van der Waals surface area contributed by atoms with Crippen molar-refractivity contribution in [2.75, 3.05) is 24.7 Å². The highest BCUT2D eigenvalue weighted by molar-refractivity contribution is 5.99. The van der Waals surface area contributed by atoms with Crippen LogP contribution in [0.4, 0.5) is 17.1 Å². The number of amides is 1. The Balaban J connectivity index is 1.84. The molecule has 0 aliphatic carbocycles. The maximum atomic E-state index is 12.2. The van der Waals surface area contributed by atoms with Crippen molar-refractivity contribution < 1.29 is 9.90 Å². The van der Waals surface area contributed by atoms with Gasteiger partial charge in [0.2, 0.25) is 0 Å². The van der Waals surface area contributed by atoms with Crippen LogP contribution in [-0.4, -0.2) is 36.1 Å². The zero-order chi connectivity index (χ0) is 21.8. The fraction of sp³-hybridized carbons (Fsp3) is 0.261. The highest BCUT2D eigenvalue weighted by Crippen LogP contribution is 2.32. The van der Waals surface area contributed by atoms with E-state index >= 15 is 0 Å². The first-order valence-corrected chi connectivity index (χ1v) is 9.77. The Hall–Kier alpha value is -3.61. The second-order valence-electron chi connectivity index (χ2n) is 7.37. The van der Waals surface area contributed by atoms with E-state index in [1.54, 1.807) is 26.2 Å². The maximum Gasteiger partial charge on any atom is 0.257 e. The van der Waals surface area contributed by atoms with Gasteiger partial charge in [-0.2, -0.15) is 0 Å². The monoisotopic (exact) mass is 407 g/mol. The van der Waals surface area contributed by atoms with Crippen LogP contribution in [0.2, 0.25) is 0 Å². The van der Waals surface area contributed by atoms with E-state index in [0.717, 1.165) is 12.0 Å². The van der Waals surface area contributed by atoms with Crippen molar-refractivity contribution in [3.05, 3.63) is 80.1 Å². The number of para-hydroxylation sites is 1. The van der Waals surface area contributed by atoms with Gasteiger partial charge in [-0.1, -0.05) is 43.3 Å². The van der Waals surface area contributed by atoms with Crippen LogP contribution in [-0.2, 0) is 6.42 Å². The summed E-state index contributed by atoms with van der Waals surface area (Å²) in [7, 11) is 3.16. The van der Waals surface area contributed by atoms with E-state index in [9.17, 15) is 19.5 Å². The molecule has 0 radical (unpaired) electrons. The summed E-state index contributed by atoms with van der Waals surface area (Å²) in [5, 5.41) is 16.5. The van der Waals surface area contributed by atoms with Gasteiger partial charge < -0.3 is 20.6 Å². The van der Waals surface area contributed by atoms with Gasteiger partial charge in [0.1, 0.15) is 11.4 Å². The summed E-state index contributed by atoms with van der Waals surface area (Å²) >= 11 is 0. The topological polar surface area (TPSA) is 98.7 Å². The molecule has 3 aromatic rings. The van der Waals surface area contributed by atoms with Gasteiger partial charge in [-0.25, -0.2) is 0 Å². The lowest BCUT2D eigenvalue weighted by atomic mass is 10.0. The third-order valence-corrected chi connectivity index (χ3v) is 5.01. The second kappa shape index (κ2) is 8.82. The molecule has 7 heteroatoms. The largest absolute Gasteiger partial charge is 0.505 e. The minimum atomic E-state index is -0.657. The predicted octanol–water partition coefficient (Wildman–Crippen LogP) is 2.87. The Morgan fingerprint density at radius 2 is 1.67 bits per heavy atom. The average Bonchev–Trinajstić information content (AvgIpc) is 2.76. The van der Waals surface area contributed by atoms with Crippen molar-refractivity contribution in [2.45, 2.75) is 25.8 Å². The van der Waals surface area contributed by atoms with Crippen molar-refractivity contribution in [3.63, 3.8) is 0 Å². The fourth-order valence-electron chi connectivity index (χ4n) is 3.24. The van der Waals surface area contributed by atoms with Gasteiger partial charge in [0.25, 0.3) is 16.8 Å². The van der Waals surface area contributed by atoms with Crippen LogP contribution in [0.25, 0.3) is 0 Å². The Morgan fingerprint density at radius 1 is 1.00 bits per heavy atom. The van der Waals surface area contributed by atoms with Gasteiger partial charge in [0.15, 0.2) is 5.75 Å². The van der Waals surface area contributed by atoms with Gasteiger partial charge >= 0.3 is 0 Å². The minimum absolute atomic E-state index is 0.0356. The van der Waals surface area contributed by atoms with Crippen molar-refractivity contribution in [3.8, 4) is 5.75 Å². The summed E-state index contributed by atoms with van der Waals surface area (Å²) in [6.45, 7) is 2.00. The molecule has 0 aliphatic heterocycles. The first-order chi connectivity index (χ1) is 14.3. The first kappa shape index (κ1) is 21.1. The van der Waals surface area contributed by atoms with Crippen LogP contribution >= 0.6 is 0 Å². The number of hydrogen-bond donors (Lipinski definition) is 3. The number of benzene rings is 2. The number of rotatable bonds is 8. The lowest BCUT2D eigenvalue weighted by Gasteiger charge is -2.22. The molecule has 0 heterocycles. The molecule has 3 aromatic carbocycles. The third kappa shape index (κ3) is 4.20. The molecular formula is C23H25N3O4. The summed E-state index contributed by atoms with van der Waals surface area (Å²) in [5.74, 6) is -0.639. The van der Waals surface area contributed by atoms with Crippen molar-refractivity contribution in [1.82, 2.24) is 4.90 Å². The van der Waals surface area contributed by atoms with Gasteiger partial charge in [-0.3, -0.25) is 14.4 Å². The molecule has 0 aliphatic rings. The number of anilines is 3. The van der Waals surface area contributed by atoms with Crippen LogP contribution in [0.3, 0.4) is 0 Å². The van der Waals surface area contributed by atoms with Gasteiger partial charge in [-0.05, 0) is 30.5 Å². The molecule has 0 spiro atoms. The second-order valence-corrected chi connectivity index (χ2v) is 7.37. The molecule has 3 rings (SSSR count). The quantitative estimate of drug-likeness (QED) is 0.392. The summed E-state index contributed by atoms with van der Waals surface area (Å²) in [4.78, 5) is 37.9. The van der Waals surface area contributed by atoms with Crippen molar-refractivity contribution >= 4 is 23.0 Å². The molecule has 0 saturated carbocycles. The summed E-state index contributed by atoms with van der Waals surface area (Å²) in [6, 6.07) is 14.5. The molecule has 0 saturated heterocycles. The molecule has 0 unspecified atom stereocenters. The number of hydrogen-bond acceptors (Lipinski definition) is 6. The fourth-order valence-corrected chi connectivity index (χ4v) is 3.24. The van der Waals surface area contributed by atoms with E-state index in [1.165, 1.54) is 11.0 Å². The lowest BCUT2D eigenvalue weighted by molar-refractivity contribution is 0.0824. The zero-order valence-electron chi connectivity index (χ0n) is 17.2. The van der Waals surface area contributed by atoms with Crippen LogP contribution in [0.5, 0.6) is 5.75 Å². The number of phenols is 1. The van der Waals surface area contributed by atoms with E-state index in [0.29, 0.717) is 6.42 Å². The van der Waals surface area contributed by atoms with E-state index in [4.69, 9.17) is 0 Å². The number of nitrogens with zero attached hydrogens (tertiary/aromatic N) is 1. The Bertz CT molecular complexity index is 1120. The Labute approximate surface area is 174 Å². The Morgan fingerprint density at radius 3 is 2.30 bits per heavy atom. The van der Waals surface area contributed by atoms with Crippen LogP contribution in [0, 0.1) is 0 Å². The molecule has 156 valence electrons. The van der Waals surface area contributed by atoms with Crippen molar-refractivity contribution in [2.24, 2.45) is 0 Å². The highest BCUT2D eigenvalue weighted by Gasteiger charge is 2.25. The average molecular weight is 407 g/mol. The van der Waals surface area contributed by atoms with Gasteiger partial charge in [-0.15, -0.1) is 0 Å². The maximum absolute atomic E-state index is 12.2. The normalized spacial score (nSPS) is 11.8. The molecule has 1 atom stereocenters. The molecule has 0 bridgehead atoms. The predicted molar refractivity (Wildman–Crippen MR) is 119 cm³/mol. The standard InChI is InChI=1S/C23H25N3O4/c1-4-15(13-14-9-6-5-7-10-14)24-18-19(22(29)21(18)28)25-17-12-8-11-16(20(17)27)23(30)26(2)3/h5-12,15,24-25,27H,4,13H2,1-3H3/t15-/m1/s1. The van der Waals surface area contributed by atoms with E-state index in [-0.39, 0.29) is 40.3 Å². The first-order valence-electron chi connectivity index (χ1n) is 9.77. The van der Waals surface area contributed by atoms with Gasteiger partial charge in [0, 0.05) is 20.1 Å². The molecule has 1 amide bonds. The summed E-state index contributed by atoms with van der Waals surface area (Å²) < 4.78 is 0. The number of carbonyl (C=O) groups excluding carboxylic acids is 1. The number of aromatic hydroxyl groups is 1. The number of nitrogens with one attached hydrogen (secondary N) is 2. The minimum Gasteiger partial charge on any atom is -0.505 e. The lowest BCUT2D eigenvalue weighted by Crippen LogP contribution is -2.39. The van der Waals surface area contributed by atoms with Gasteiger partial charge in [0.05, 0.1) is 11.3 Å². The molecule has 30 heavy (non-hydrogen) atoms. The smallest absolute Gasteiger partial charge is 0.257 e. The van der Waals surface area contributed by atoms with E-state index in [2.05, 4.69) is 10.6 Å². The molecule has 0 aromatic heterocycles. The number of phenolic OH excluding ortho intramolecular Hbond substituents is 1. The third-order valence-electron chi connectivity index (χ3n) is 5.01. The molecule has 3 N–H and O–H groups in total. The van der Waals surface area contributed by atoms with Crippen LogP contribution in [0.1, 0.15) is 29.3 Å². The SMILES string of the molecule is CC[C@H](Cc1ccccc1)Nc1c(Nc2cccc(C(=O)N(C)C)c2O)c(=O)c1=O. The highest BCUT2D eigenvalue weighted by atomic mass is 16.3. The Kier molecular flexibility index (Phi) is 6.20. The van der Waals surface area contributed by atoms with E-state index < -0.39 is 10.9 Å². The summed E-state index contributed by atoms with van der Waals surface area (Å²) in [6.07, 6.45) is 1.46. The van der Waals surface area contributed by atoms with E-state index in [1.807, 2.05) is 37.3 Å². The molecule has 0 fully saturated rings. The number of carbonyl (C=O) groups is 1. The van der Waals surface area contributed by atoms with Crippen LogP contribution < -0.4 is 21.5 Å². The molecule has 7 nitrogen and oxygen atoms in total. The van der Waals surface area contributed by atoms with Crippen molar-refractivity contribution in [1.29, 1.82) is 0 Å². The summed E-state index contributed by atoms with van der Waals surface area (Å²) in [5.41, 5.74) is 0.461. The molecular weight excluding hydrogens is 382 g/mol. The zero-order valence-corrected chi connectivity index (χ0v) is 17.2.